The van der Waals surface area contributed by atoms with E-state index in [9.17, 15) is 15.0 Å². The monoisotopic (exact) mass is 268 g/mol. The van der Waals surface area contributed by atoms with Crippen LogP contribution < -0.4 is 0 Å². The van der Waals surface area contributed by atoms with Crippen molar-refractivity contribution in [1.29, 1.82) is 0 Å². The summed E-state index contributed by atoms with van der Waals surface area (Å²) in [6.45, 7) is 5.89. The van der Waals surface area contributed by atoms with Gasteiger partial charge in [-0.3, -0.25) is 4.79 Å². The predicted molar refractivity (Wildman–Crippen MR) is 69.2 cm³/mol. The molecule has 108 valence electrons. The standard InChI is InChI=1S/C15H24O4/c1-7-6-9-8(2)14(17)19-13(9)12-11(7)10(16)4-5-15(12,3)18/h7-13,16,18H,4-6H2,1-3H3/t7-,8+,9-,10+,11-,12-,13-,15+/m0/s1. The molecule has 0 spiro atoms. The van der Waals surface area contributed by atoms with Crippen molar-refractivity contribution < 1.29 is 19.7 Å². The first-order valence-corrected chi connectivity index (χ1v) is 7.44. The Morgan fingerprint density at radius 3 is 2.74 bits per heavy atom. The third kappa shape index (κ3) is 1.83. The number of hydrogen-bond acceptors (Lipinski definition) is 4. The van der Waals surface area contributed by atoms with Gasteiger partial charge in [0.05, 0.1) is 17.6 Å². The van der Waals surface area contributed by atoms with E-state index in [1.165, 1.54) is 0 Å². The smallest absolute Gasteiger partial charge is 0.309 e. The third-order valence-corrected chi connectivity index (χ3v) is 5.87. The molecule has 2 saturated carbocycles. The van der Waals surface area contributed by atoms with Gasteiger partial charge in [0, 0.05) is 11.8 Å². The van der Waals surface area contributed by atoms with Crippen molar-refractivity contribution >= 4 is 5.97 Å². The van der Waals surface area contributed by atoms with Gasteiger partial charge in [-0.2, -0.15) is 0 Å². The zero-order chi connectivity index (χ0) is 13.9. The Bertz CT molecular complexity index is 392. The Kier molecular flexibility index (Phi) is 2.95. The van der Waals surface area contributed by atoms with Crippen LogP contribution >= 0.6 is 0 Å². The Hall–Kier alpha value is -0.610. The fraction of sp³-hybridized carbons (Fsp3) is 0.933. The summed E-state index contributed by atoms with van der Waals surface area (Å²) < 4.78 is 5.57. The van der Waals surface area contributed by atoms with Crippen LogP contribution in [-0.4, -0.2) is 34.0 Å². The molecule has 1 saturated heterocycles. The number of aliphatic hydroxyl groups is 2. The minimum atomic E-state index is -0.841. The number of fused-ring (bicyclic) bond motifs is 3. The lowest BCUT2D eigenvalue weighted by Crippen LogP contribution is -2.59. The van der Waals surface area contributed by atoms with Gasteiger partial charge in [-0.1, -0.05) is 13.8 Å². The zero-order valence-corrected chi connectivity index (χ0v) is 11.9. The van der Waals surface area contributed by atoms with Crippen LogP contribution in [0.15, 0.2) is 0 Å². The molecule has 3 fully saturated rings. The van der Waals surface area contributed by atoms with Gasteiger partial charge < -0.3 is 14.9 Å². The fourth-order valence-electron chi connectivity index (χ4n) is 4.81. The van der Waals surface area contributed by atoms with Crippen LogP contribution in [0.5, 0.6) is 0 Å². The van der Waals surface area contributed by atoms with E-state index in [2.05, 4.69) is 6.92 Å². The van der Waals surface area contributed by atoms with Crippen LogP contribution in [0, 0.1) is 29.6 Å². The summed E-state index contributed by atoms with van der Waals surface area (Å²) in [6, 6.07) is 0. The van der Waals surface area contributed by atoms with Crippen LogP contribution in [0.25, 0.3) is 0 Å². The zero-order valence-electron chi connectivity index (χ0n) is 11.9. The first-order chi connectivity index (χ1) is 8.83. The minimum Gasteiger partial charge on any atom is -0.461 e. The summed E-state index contributed by atoms with van der Waals surface area (Å²) in [5, 5.41) is 21.0. The minimum absolute atomic E-state index is 0.0445. The van der Waals surface area contributed by atoms with Gasteiger partial charge in [-0.15, -0.1) is 0 Å². The lowest BCUT2D eigenvalue weighted by atomic mass is 9.55. The molecule has 0 radical (unpaired) electrons. The summed E-state index contributed by atoms with van der Waals surface area (Å²) in [6.07, 6.45) is 1.53. The summed E-state index contributed by atoms with van der Waals surface area (Å²) >= 11 is 0. The molecule has 2 N–H and O–H groups in total. The second kappa shape index (κ2) is 4.19. The van der Waals surface area contributed by atoms with Crippen LogP contribution in [0.1, 0.15) is 40.0 Å². The van der Waals surface area contributed by atoms with E-state index in [0.29, 0.717) is 18.8 Å². The van der Waals surface area contributed by atoms with Crippen molar-refractivity contribution in [2.45, 2.75) is 57.8 Å². The van der Waals surface area contributed by atoms with Gasteiger partial charge in [0.25, 0.3) is 0 Å². The fourth-order valence-corrected chi connectivity index (χ4v) is 4.81. The molecule has 8 atom stereocenters. The molecule has 3 rings (SSSR count). The van der Waals surface area contributed by atoms with Gasteiger partial charge in [-0.25, -0.2) is 0 Å². The molecule has 1 aliphatic heterocycles. The van der Waals surface area contributed by atoms with Crippen molar-refractivity contribution in [3.63, 3.8) is 0 Å². The van der Waals surface area contributed by atoms with Crippen LogP contribution in [-0.2, 0) is 9.53 Å². The number of carbonyl (C=O) groups is 1. The number of esters is 1. The average molecular weight is 268 g/mol. The predicted octanol–water partition coefficient (Wildman–Crippen LogP) is 1.34. The number of carbonyl (C=O) groups excluding carboxylic acids is 1. The molecule has 3 aliphatic rings. The second-order valence-electron chi connectivity index (χ2n) is 7.13. The molecule has 0 amide bonds. The molecule has 2 aliphatic carbocycles. The Morgan fingerprint density at radius 2 is 2.05 bits per heavy atom. The molecule has 0 bridgehead atoms. The lowest BCUT2D eigenvalue weighted by molar-refractivity contribution is -0.189. The molecule has 0 unspecified atom stereocenters. The highest BCUT2D eigenvalue weighted by atomic mass is 16.6. The van der Waals surface area contributed by atoms with Crippen molar-refractivity contribution in [1.82, 2.24) is 0 Å². The molecular formula is C15H24O4. The van der Waals surface area contributed by atoms with E-state index < -0.39 is 5.60 Å². The number of rotatable bonds is 0. The molecule has 1 heterocycles. The Labute approximate surface area is 114 Å². The topological polar surface area (TPSA) is 66.8 Å². The summed E-state index contributed by atoms with van der Waals surface area (Å²) in [4.78, 5) is 11.8. The molecule has 19 heavy (non-hydrogen) atoms. The largest absolute Gasteiger partial charge is 0.461 e. The molecule has 0 aromatic rings. The molecule has 0 aromatic heterocycles. The van der Waals surface area contributed by atoms with Crippen molar-refractivity contribution in [2.75, 3.05) is 0 Å². The molecular weight excluding hydrogens is 244 g/mol. The quantitative estimate of drug-likeness (QED) is 0.651. The maximum atomic E-state index is 11.8. The van der Waals surface area contributed by atoms with Gasteiger partial charge in [0.2, 0.25) is 0 Å². The van der Waals surface area contributed by atoms with Gasteiger partial charge in [0.15, 0.2) is 0 Å². The van der Waals surface area contributed by atoms with Gasteiger partial charge in [-0.05, 0) is 38.0 Å². The number of aliphatic hydroxyl groups excluding tert-OH is 1. The first kappa shape index (κ1) is 13.4. The van der Waals surface area contributed by atoms with E-state index in [0.717, 1.165) is 6.42 Å². The van der Waals surface area contributed by atoms with Crippen molar-refractivity contribution in [3.8, 4) is 0 Å². The highest BCUT2D eigenvalue weighted by molar-refractivity contribution is 5.75. The van der Waals surface area contributed by atoms with E-state index in [1.54, 1.807) is 0 Å². The third-order valence-electron chi connectivity index (χ3n) is 5.87. The highest BCUT2D eigenvalue weighted by Gasteiger charge is 2.60. The number of hydrogen-bond donors (Lipinski definition) is 2. The van der Waals surface area contributed by atoms with E-state index in [4.69, 9.17) is 4.74 Å². The van der Waals surface area contributed by atoms with Gasteiger partial charge in [0.1, 0.15) is 6.10 Å². The summed E-state index contributed by atoms with van der Waals surface area (Å²) in [5.41, 5.74) is -0.841. The molecule has 4 heteroatoms. The van der Waals surface area contributed by atoms with E-state index in [-0.39, 0.29) is 41.8 Å². The SMILES string of the molecule is C[C@H]1C[C@@H]2[C@H](OC(=O)[C@@H]2C)[C@@H]2[C@@H]1[C@H](O)CC[C@@]2(C)O. The Balaban J connectivity index is 1.98. The van der Waals surface area contributed by atoms with E-state index >= 15 is 0 Å². The lowest BCUT2D eigenvalue weighted by Gasteiger charge is -2.53. The van der Waals surface area contributed by atoms with Crippen molar-refractivity contribution in [2.24, 2.45) is 29.6 Å². The average Bonchev–Trinajstić information content (AvgIpc) is 2.60. The molecule has 4 nitrogen and oxygen atoms in total. The normalized spacial score (nSPS) is 57.3. The number of ether oxygens (including phenoxy) is 1. The Morgan fingerprint density at radius 1 is 1.37 bits per heavy atom. The maximum Gasteiger partial charge on any atom is 0.309 e. The second-order valence-corrected chi connectivity index (χ2v) is 7.13. The van der Waals surface area contributed by atoms with Gasteiger partial charge >= 0.3 is 5.97 Å². The van der Waals surface area contributed by atoms with Crippen LogP contribution in [0.3, 0.4) is 0 Å². The first-order valence-electron chi connectivity index (χ1n) is 7.44. The maximum absolute atomic E-state index is 11.8. The molecule has 0 aromatic carbocycles. The van der Waals surface area contributed by atoms with Crippen LogP contribution in [0.2, 0.25) is 0 Å². The van der Waals surface area contributed by atoms with Crippen molar-refractivity contribution in [3.05, 3.63) is 0 Å². The summed E-state index contributed by atoms with van der Waals surface area (Å²) in [5.74, 6) is 0.217. The summed E-state index contributed by atoms with van der Waals surface area (Å²) in [7, 11) is 0. The van der Waals surface area contributed by atoms with E-state index in [1.807, 2.05) is 13.8 Å². The highest BCUT2D eigenvalue weighted by Crippen LogP contribution is 2.54. The van der Waals surface area contributed by atoms with Crippen LogP contribution in [0.4, 0.5) is 0 Å².